The number of aldehydes is 1. The SMILES string of the molecule is O=Cc1oc(-c2ccc(F)cn2)nc1C(F)F. The van der Waals surface area contributed by atoms with Gasteiger partial charge in [0.05, 0.1) is 6.20 Å². The summed E-state index contributed by atoms with van der Waals surface area (Å²) in [5.41, 5.74) is -0.678. The van der Waals surface area contributed by atoms with Gasteiger partial charge in [0.2, 0.25) is 5.89 Å². The van der Waals surface area contributed by atoms with Crippen molar-refractivity contribution in [2.75, 3.05) is 0 Å². The molecule has 2 aromatic rings. The number of oxazole rings is 1. The first-order valence-corrected chi connectivity index (χ1v) is 4.48. The Labute approximate surface area is 93.1 Å². The van der Waals surface area contributed by atoms with Gasteiger partial charge in [0.15, 0.2) is 17.7 Å². The number of aromatic nitrogens is 2. The number of hydrogen-bond acceptors (Lipinski definition) is 4. The van der Waals surface area contributed by atoms with Crippen molar-refractivity contribution in [2.45, 2.75) is 6.43 Å². The highest BCUT2D eigenvalue weighted by molar-refractivity contribution is 5.73. The molecule has 2 heterocycles. The Balaban J connectivity index is 2.46. The maximum atomic E-state index is 12.6. The fourth-order valence-electron chi connectivity index (χ4n) is 1.20. The molecule has 0 atom stereocenters. The molecule has 17 heavy (non-hydrogen) atoms. The van der Waals surface area contributed by atoms with Gasteiger partial charge < -0.3 is 4.42 Å². The molecule has 88 valence electrons. The molecule has 0 N–H and O–H groups in total. The summed E-state index contributed by atoms with van der Waals surface area (Å²) in [6.45, 7) is 0. The van der Waals surface area contributed by atoms with E-state index < -0.39 is 23.7 Å². The van der Waals surface area contributed by atoms with Crippen LogP contribution in [0.5, 0.6) is 0 Å². The highest BCUT2D eigenvalue weighted by Crippen LogP contribution is 2.26. The minimum absolute atomic E-state index is 0.0707. The summed E-state index contributed by atoms with van der Waals surface area (Å²) in [6, 6.07) is 2.29. The number of alkyl halides is 2. The van der Waals surface area contributed by atoms with E-state index >= 15 is 0 Å². The third-order valence-corrected chi connectivity index (χ3v) is 1.94. The zero-order chi connectivity index (χ0) is 12.4. The van der Waals surface area contributed by atoms with E-state index in [1.54, 1.807) is 0 Å². The van der Waals surface area contributed by atoms with Gasteiger partial charge in [-0.25, -0.2) is 23.1 Å². The standard InChI is InChI=1S/C10H5F3N2O2/c11-5-1-2-6(14-3-5)10-15-8(9(12)13)7(4-16)17-10/h1-4,9H. The average molecular weight is 242 g/mol. The molecular formula is C10H5F3N2O2. The van der Waals surface area contributed by atoms with Crippen LogP contribution in [0.25, 0.3) is 11.6 Å². The molecule has 0 fully saturated rings. The molecule has 0 aliphatic heterocycles. The lowest BCUT2D eigenvalue weighted by Gasteiger charge is -1.92. The van der Waals surface area contributed by atoms with Crippen LogP contribution in [0.15, 0.2) is 22.7 Å². The highest BCUT2D eigenvalue weighted by Gasteiger charge is 2.22. The molecule has 0 saturated carbocycles. The van der Waals surface area contributed by atoms with Gasteiger partial charge in [0.25, 0.3) is 6.43 Å². The molecule has 0 amide bonds. The van der Waals surface area contributed by atoms with Crippen LogP contribution in [0, 0.1) is 5.82 Å². The lowest BCUT2D eigenvalue weighted by molar-refractivity contribution is 0.107. The number of pyridine rings is 1. The van der Waals surface area contributed by atoms with E-state index in [-0.39, 0.29) is 17.9 Å². The van der Waals surface area contributed by atoms with Crippen molar-refractivity contribution in [2.24, 2.45) is 0 Å². The number of carbonyl (C=O) groups excluding carboxylic acids is 1. The molecule has 0 aromatic carbocycles. The lowest BCUT2D eigenvalue weighted by Crippen LogP contribution is -1.90. The summed E-state index contributed by atoms with van der Waals surface area (Å²) in [5.74, 6) is -1.38. The molecule has 2 aromatic heterocycles. The van der Waals surface area contributed by atoms with Gasteiger partial charge in [-0.05, 0) is 12.1 Å². The highest BCUT2D eigenvalue weighted by atomic mass is 19.3. The van der Waals surface area contributed by atoms with Gasteiger partial charge in [0.1, 0.15) is 11.5 Å². The predicted molar refractivity (Wildman–Crippen MR) is 50.0 cm³/mol. The zero-order valence-electron chi connectivity index (χ0n) is 8.23. The topological polar surface area (TPSA) is 56.0 Å². The van der Waals surface area contributed by atoms with Crippen molar-refractivity contribution in [1.82, 2.24) is 9.97 Å². The predicted octanol–water partition coefficient (Wildman–Crippen LogP) is 2.63. The molecule has 0 aliphatic rings. The third kappa shape index (κ3) is 2.17. The Morgan fingerprint density at radius 3 is 2.59 bits per heavy atom. The second kappa shape index (κ2) is 4.36. The van der Waals surface area contributed by atoms with Crippen molar-refractivity contribution in [1.29, 1.82) is 0 Å². The van der Waals surface area contributed by atoms with E-state index in [0.717, 1.165) is 12.3 Å². The van der Waals surface area contributed by atoms with E-state index in [1.807, 2.05) is 0 Å². The number of halogens is 3. The van der Waals surface area contributed by atoms with E-state index in [2.05, 4.69) is 9.97 Å². The second-order valence-electron chi connectivity index (χ2n) is 3.05. The molecule has 2 rings (SSSR count). The van der Waals surface area contributed by atoms with E-state index in [4.69, 9.17) is 4.42 Å². The van der Waals surface area contributed by atoms with Crippen LogP contribution < -0.4 is 0 Å². The van der Waals surface area contributed by atoms with Gasteiger partial charge in [0, 0.05) is 0 Å². The van der Waals surface area contributed by atoms with Crippen molar-refractivity contribution in [3.8, 4) is 11.6 Å². The summed E-state index contributed by atoms with van der Waals surface area (Å²) in [7, 11) is 0. The Bertz CT molecular complexity index is 537. The number of carbonyl (C=O) groups is 1. The summed E-state index contributed by atoms with van der Waals surface area (Å²) >= 11 is 0. The van der Waals surface area contributed by atoms with Crippen LogP contribution in [-0.2, 0) is 0 Å². The van der Waals surface area contributed by atoms with E-state index in [9.17, 15) is 18.0 Å². The van der Waals surface area contributed by atoms with Gasteiger partial charge in [-0.15, -0.1) is 0 Å². The van der Waals surface area contributed by atoms with Crippen LogP contribution in [0.4, 0.5) is 13.2 Å². The van der Waals surface area contributed by atoms with Gasteiger partial charge in [-0.2, -0.15) is 0 Å². The smallest absolute Gasteiger partial charge is 0.284 e. The van der Waals surface area contributed by atoms with Crippen LogP contribution >= 0.6 is 0 Å². The van der Waals surface area contributed by atoms with Crippen LogP contribution in [0.2, 0.25) is 0 Å². The summed E-state index contributed by atoms with van der Waals surface area (Å²) < 4.78 is 42.3. The van der Waals surface area contributed by atoms with Crippen molar-refractivity contribution in [3.63, 3.8) is 0 Å². The number of rotatable bonds is 3. The second-order valence-corrected chi connectivity index (χ2v) is 3.05. The summed E-state index contributed by atoms with van der Waals surface area (Å²) in [4.78, 5) is 17.5. The van der Waals surface area contributed by atoms with Crippen LogP contribution in [0.1, 0.15) is 22.7 Å². The zero-order valence-corrected chi connectivity index (χ0v) is 8.23. The monoisotopic (exact) mass is 242 g/mol. The van der Waals surface area contributed by atoms with Crippen molar-refractivity contribution in [3.05, 3.63) is 35.6 Å². The molecular weight excluding hydrogens is 237 g/mol. The van der Waals surface area contributed by atoms with Gasteiger partial charge in [-0.1, -0.05) is 0 Å². The van der Waals surface area contributed by atoms with Gasteiger partial charge >= 0.3 is 0 Å². The first kappa shape index (κ1) is 11.3. The quantitative estimate of drug-likeness (QED) is 0.776. The molecule has 0 radical (unpaired) electrons. The van der Waals surface area contributed by atoms with Crippen LogP contribution in [-0.4, -0.2) is 16.3 Å². The molecule has 7 heteroatoms. The average Bonchev–Trinajstić information content (AvgIpc) is 2.74. The van der Waals surface area contributed by atoms with Crippen LogP contribution in [0.3, 0.4) is 0 Å². The van der Waals surface area contributed by atoms with E-state index in [1.165, 1.54) is 6.07 Å². The number of nitrogens with zero attached hydrogens (tertiary/aromatic N) is 2. The lowest BCUT2D eigenvalue weighted by atomic mass is 10.3. The molecule has 0 bridgehead atoms. The minimum atomic E-state index is -2.92. The molecule has 0 unspecified atom stereocenters. The normalized spacial score (nSPS) is 10.8. The molecule has 0 aliphatic carbocycles. The Hall–Kier alpha value is -2.18. The van der Waals surface area contributed by atoms with Crippen molar-refractivity contribution < 1.29 is 22.4 Å². The molecule has 0 spiro atoms. The Kier molecular flexibility index (Phi) is 2.90. The summed E-state index contributed by atoms with van der Waals surface area (Å²) in [6.07, 6.45) is -1.89. The third-order valence-electron chi connectivity index (χ3n) is 1.94. The molecule has 4 nitrogen and oxygen atoms in total. The Morgan fingerprint density at radius 1 is 1.35 bits per heavy atom. The van der Waals surface area contributed by atoms with Gasteiger partial charge in [-0.3, -0.25) is 4.79 Å². The maximum Gasteiger partial charge on any atom is 0.284 e. The fraction of sp³-hybridized carbons (Fsp3) is 0.100. The maximum absolute atomic E-state index is 12.6. The van der Waals surface area contributed by atoms with Crippen molar-refractivity contribution >= 4 is 6.29 Å². The number of hydrogen-bond donors (Lipinski definition) is 0. The first-order chi connectivity index (χ1) is 8.11. The largest absolute Gasteiger partial charge is 0.431 e. The molecule has 0 saturated heterocycles. The summed E-state index contributed by atoms with van der Waals surface area (Å²) in [5, 5.41) is 0. The first-order valence-electron chi connectivity index (χ1n) is 4.48. The minimum Gasteiger partial charge on any atom is -0.431 e. The fourth-order valence-corrected chi connectivity index (χ4v) is 1.20. The van der Waals surface area contributed by atoms with E-state index in [0.29, 0.717) is 0 Å². The Morgan fingerprint density at radius 2 is 2.12 bits per heavy atom.